The fourth-order valence-electron chi connectivity index (χ4n) is 6.39. The standard InChI is InChI=1S/C33H37N7O7S/c1-4-47-30-25(6-5-13-36-30)33(38-32(42)39-14-11-22(12-15-39)37-23-19-35-20-23)26-16-21(18-34)7-9-27(26)40(31(33)41)48(43,44)29-10-8-24(45-2)17-28(29)46-3/h5-10,13,16-17,22-23,35,37H,4,11-12,14-15,19-20H2,1-3H3,(H,38,42). The molecule has 0 radical (unpaired) electrons. The molecule has 6 rings (SSSR count). The predicted octanol–water partition coefficient (Wildman–Crippen LogP) is 2.08. The van der Waals surface area contributed by atoms with E-state index in [9.17, 15) is 18.5 Å². The minimum Gasteiger partial charge on any atom is -0.497 e. The third-order valence-electron chi connectivity index (χ3n) is 8.93. The van der Waals surface area contributed by atoms with E-state index in [4.69, 9.17) is 14.2 Å². The number of hydrogen-bond acceptors (Lipinski definition) is 11. The Bertz CT molecular complexity index is 1870. The number of benzene rings is 2. The van der Waals surface area contributed by atoms with Crippen LogP contribution < -0.4 is 34.5 Å². The molecule has 2 fully saturated rings. The molecule has 2 aromatic carbocycles. The highest BCUT2D eigenvalue weighted by atomic mass is 32.2. The average Bonchev–Trinajstić information content (AvgIpc) is 3.34. The number of nitrogens with one attached hydrogen (secondary N) is 3. The molecule has 3 N–H and O–H groups in total. The SMILES string of the molecule is CCOc1ncccc1C1(NC(=O)N2CCC(NC3CNC3)CC2)C(=O)N(S(=O)(=O)c2ccc(OC)cc2OC)c2ccc(C#N)cc21. The number of sulfonamides is 1. The maximum absolute atomic E-state index is 15.1. The number of aromatic nitrogens is 1. The van der Waals surface area contributed by atoms with Crippen molar-refractivity contribution < 1.29 is 32.2 Å². The molecule has 15 heteroatoms. The van der Waals surface area contributed by atoms with Crippen molar-refractivity contribution in [3.63, 3.8) is 0 Å². The lowest BCUT2D eigenvalue weighted by Crippen LogP contribution is -2.61. The van der Waals surface area contributed by atoms with Crippen molar-refractivity contribution in [3.8, 4) is 23.4 Å². The van der Waals surface area contributed by atoms with Gasteiger partial charge in [-0.3, -0.25) is 4.79 Å². The molecular formula is C33H37N7O7S. The first-order valence-electron chi connectivity index (χ1n) is 15.7. The van der Waals surface area contributed by atoms with Crippen LogP contribution in [0.15, 0.2) is 59.6 Å². The van der Waals surface area contributed by atoms with Gasteiger partial charge in [0.25, 0.3) is 15.9 Å². The first-order chi connectivity index (χ1) is 23.2. The van der Waals surface area contributed by atoms with Gasteiger partial charge in [0.05, 0.1) is 43.7 Å². The fraction of sp³-hybridized carbons (Fsp3) is 0.394. The van der Waals surface area contributed by atoms with E-state index in [2.05, 4.69) is 27.0 Å². The minimum absolute atomic E-state index is 0.0280. The number of nitrogens with zero attached hydrogens (tertiary/aromatic N) is 4. The maximum atomic E-state index is 15.1. The van der Waals surface area contributed by atoms with Crippen LogP contribution in [0.25, 0.3) is 0 Å². The summed E-state index contributed by atoms with van der Waals surface area (Å²) in [5, 5.41) is 19.7. The summed E-state index contributed by atoms with van der Waals surface area (Å²) in [7, 11) is -1.95. The molecule has 1 aromatic heterocycles. The van der Waals surface area contributed by atoms with Gasteiger partial charge in [-0.05, 0) is 62.2 Å². The van der Waals surface area contributed by atoms with Gasteiger partial charge in [0.1, 0.15) is 16.4 Å². The van der Waals surface area contributed by atoms with Gasteiger partial charge in [0.2, 0.25) is 5.88 Å². The number of likely N-dealkylation sites (tertiary alicyclic amines) is 1. The van der Waals surface area contributed by atoms with E-state index in [1.165, 1.54) is 56.8 Å². The monoisotopic (exact) mass is 675 g/mol. The molecule has 3 aliphatic rings. The van der Waals surface area contributed by atoms with Crippen LogP contribution >= 0.6 is 0 Å². The van der Waals surface area contributed by atoms with Crippen molar-refractivity contribution in [2.24, 2.45) is 0 Å². The number of methoxy groups -OCH3 is 2. The number of carbonyl (C=O) groups excluding carboxylic acids is 2. The van der Waals surface area contributed by atoms with Crippen LogP contribution in [0.2, 0.25) is 0 Å². The van der Waals surface area contributed by atoms with E-state index in [-0.39, 0.29) is 51.6 Å². The van der Waals surface area contributed by atoms with Crippen molar-refractivity contribution in [1.29, 1.82) is 5.26 Å². The number of amides is 3. The van der Waals surface area contributed by atoms with Gasteiger partial charge in [-0.25, -0.2) is 18.2 Å². The second-order valence-electron chi connectivity index (χ2n) is 11.7. The number of hydrogen-bond donors (Lipinski definition) is 3. The zero-order chi connectivity index (χ0) is 34.1. The van der Waals surface area contributed by atoms with Crippen molar-refractivity contribution in [2.75, 3.05) is 51.3 Å². The number of rotatable bonds is 10. The van der Waals surface area contributed by atoms with Gasteiger partial charge in [0.15, 0.2) is 5.54 Å². The number of nitriles is 1. The summed E-state index contributed by atoms with van der Waals surface area (Å²) in [6.45, 7) is 4.56. The van der Waals surface area contributed by atoms with Crippen LogP contribution in [-0.2, 0) is 20.4 Å². The molecule has 0 bridgehead atoms. The Labute approximate surface area is 279 Å². The van der Waals surface area contributed by atoms with Gasteiger partial charge >= 0.3 is 6.03 Å². The number of anilines is 1. The molecule has 4 heterocycles. The number of fused-ring (bicyclic) bond motifs is 1. The molecule has 3 aliphatic heterocycles. The van der Waals surface area contributed by atoms with Crippen LogP contribution in [0.4, 0.5) is 10.5 Å². The first kappa shape index (κ1) is 33.0. The highest BCUT2D eigenvalue weighted by molar-refractivity contribution is 7.93. The summed E-state index contributed by atoms with van der Waals surface area (Å²) < 4.78 is 46.3. The van der Waals surface area contributed by atoms with E-state index >= 15 is 4.79 Å². The molecule has 2 saturated heterocycles. The number of urea groups is 1. The summed E-state index contributed by atoms with van der Waals surface area (Å²) in [5.74, 6) is -0.675. The highest BCUT2D eigenvalue weighted by Gasteiger charge is 2.59. The van der Waals surface area contributed by atoms with E-state index in [1.54, 1.807) is 24.0 Å². The van der Waals surface area contributed by atoms with E-state index < -0.39 is 27.5 Å². The highest BCUT2D eigenvalue weighted by Crippen LogP contribution is 2.50. The second kappa shape index (κ2) is 13.3. The van der Waals surface area contributed by atoms with E-state index in [0.717, 1.165) is 13.1 Å². The molecule has 252 valence electrons. The molecule has 48 heavy (non-hydrogen) atoms. The zero-order valence-electron chi connectivity index (χ0n) is 26.9. The molecule has 1 atom stereocenters. The van der Waals surface area contributed by atoms with Gasteiger partial charge in [-0.15, -0.1) is 0 Å². The molecule has 14 nitrogen and oxygen atoms in total. The molecule has 0 aliphatic carbocycles. The third-order valence-corrected chi connectivity index (χ3v) is 10.7. The smallest absolute Gasteiger partial charge is 0.318 e. The largest absolute Gasteiger partial charge is 0.497 e. The Balaban J connectivity index is 1.48. The molecule has 0 saturated carbocycles. The molecule has 0 spiro atoms. The quantitative estimate of drug-likeness (QED) is 0.287. The van der Waals surface area contributed by atoms with Crippen LogP contribution in [0, 0.1) is 11.3 Å². The Morgan fingerprint density at radius 3 is 2.50 bits per heavy atom. The number of carbonyl (C=O) groups is 2. The third kappa shape index (κ3) is 5.65. The van der Waals surface area contributed by atoms with E-state index in [1.807, 2.05) is 0 Å². The first-order valence-corrected chi connectivity index (χ1v) is 17.1. The molecule has 3 amide bonds. The average molecular weight is 676 g/mol. The minimum atomic E-state index is -4.69. The molecule has 1 unspecified atom stereocenters. The lowest BCUT2D eigenvalue weighted by atomic mass is 9.83. The summed E-state index contributed by atoms with van der Waals surface area (Å²) in [4.78, 5) is 35.0. The summed E-state index contributed by atoms with van der Waals surface area (Å²) in [6.07, 6.45) is 2.88. The van der Waals surface area contributed by atoms with Crippen molar-refractivity contribution >= 4 is 27.6 Å². The summed E-state index contributed by atoms with van der Waals surface area (Å²) in [5.41, 5.74) is -1.83. The summed E-state index contributed by atoms with van der Waals surface area (Å²) in [6, 6.07) is 13.6. The summed E-state index contributed by atoms with van der Waals surface area (Å²) >= 11 is 0. The van der Waals surface area contributed by atoms with Crippen LogP contribution in [0.5, 0.6) is 17.4 Å². The van der Waals surface area contributed by atoms with E-state index in [0.29, 0.717) is 42.0 Å². The van der Waals surface area contributed by atoms with Crippen molar-refractivity contribution in [3.05, 3.63) is 71.4 Å². The number of pyridine rings is 1. The predicted molar refractivity (Wildman–Crippen MR) is 174 cm³/mol. The van der Waals surface area contributed by atoms with Gasteiger partial charge in [0, 0.05) is 56.1 Å². The Hall–Kier alpha value is -4.91. The lowest BCUT2D eigenvalue weighted by molar-refractivity contribution is -0.121. The number of ether oxygens (including phenoxy) is 3. The molecule has 3 aromatic rings. The second-order valence-corrected chi connectivity index (χ2v) is 13.4. The Morgan fingerprint density at radius 1 is 1.08 bits per heavy atom. The van der Waals surface area contributed by atoms with Gasteiger partial charge < -0.3 is 35.1 Å². The van der Waals surface area contributed by atoms with Crippen LogP contribution in [0.1, 0.15) is 36.5 Å². The maximum Gasteiger partial charge on any atom is 0.318 e. The molecular weight excluding hydrogens is 638 g/mol. The van der Waals surface area contributed by atoms with Crippen molar-refractivity contribution in [1.82, 2.24) is 25.8 Å². The lowest BCUT2D eigenvalue weighted by Gasteiger charge is -2.39. The topological polar surface area (TPSA) is 175 Å². The van der Waals surface area contributed by atoms with Crippen LogP contribution in [0.3, 0.4) is 0 Å². The Kier molecular flexibility index (Phi) is 9.15. The zero-order valence-corrected chi connectivity index (χ0v) is 27.7. The van der Waals surface area contributed by atoms with Gasteiger partial charge in [-0.1, -0.05) is 0 Å². The van der Waals surface area contributed by atoms with Gasteiger partial charge in [-0.2, -0.15) is 9.57 Å². The number of piperidine rings is 1. The van der Waals surface area contributed by atoms with Crippen molar-refractivity contribution in [2.45, 2.75) is 42.3 Å². The normalized spacial score (nSPS) is 19.7. The Morgan fingerprint density at radius 2 is 1.85 bits per heavy atom. The fourth-order valence-corrected chi connectivity index (χ4v) is 8.00. The van der Waals surface area contributed by atoms with Crippen LogP contribution in [-0.4, -0.2) is 89.3 Å².